The lowest BCUT2D eigenvalue weighted by Crippen LogP contribution is -2.34. The van der Waals surface area contributed by atoms with Crippen molar-refractivity contribution in [1.29, 1.82) is 0 Å². The highest BCUT2D eigenvalue weighted by molar-refractivity contribution is 8.13. The molecule has 1 unspecified atom stereocenters. The van der Waals surface area contributed by atoms with Gasteiger partial charge in [-0.05, 0) is 11.8 Å². The van der Waals surface area contributed by atoms with Gasteiger partial charge in [-0.25, -0.2) is 0 Å². The summed E-state index contributed by atoms with van der Waals surface area (Å²) < 4.78 is 1.19. The SMILES string of the molecule is CSC1=[N+]([O-])C(C)(C)C(c2ccccc2)C1. The van der Waals surface area contributed by atoms with Crippen LogP contribution in [0.15, 0.2) is 30.3 Å². The van der Waals surface area contributed by atoms with Gasteiger partial charge >= 0.3 is 0 Å². The zero-order chi connectivity index (χ0) is 11.8. The van der Waals surface area contributed by atoms with E-state index >= 15 is 0 Å². The summed E-state index contributed by atoms with van der Waals surface area (Å²) in [5.74, 6) is 0.300. The first kappa shape index (κ1) is 11.5. The Balaban J connectivity index is 2.35. The van der Waals surface area contributed by atoms with Crippen LogP contribution in [0.2, 0.25) is 0 Å². The molecule has 1 heterocycles. The Morgan fingerprint density at radius 3 is 2.44 bits per heavy atom. The number of rotatable bonds is 1. The molecule has 0 spiro atoms. The van der Waals surface area contributed by atoms with Crippen molar-refractivity contribution in [2.45, 2.75) is 31.7 Å². The van der Waals surface area contributed by atoms with E-state index in [0.717, 1.165) is 11.5 Å². The molecule has 16 heavy (non-hydrogen) atoms. The fourth-order valence-corrected chi connectivity index (χ4v) is 3.08. The van der Waals surface area contributed by atoms with Gasteiger partial charge in [0.15, 0.2) is 5.54 Å². The molecule has 0 N–H and O–H groups in total. The van der Waals surface area contributed by atoms with Crippen molar-refractivity contribution in [3.05, 3.63) is 41.1 Å². The fourth-order valence-electron chi connectivity index (χ4n) is 2.35. The molecule has 1 aromatic rings. The van der Waals surface area contributed by atoms with Gasteiger partial charge in [-0.15, -0.1) is 0 Å². The van der Waals surface area contributed by atoms with Crippen LogP contribution in [0.1, 0.15) is 31.7 Å². The van der Waals surface area contributed by atoms with Crippen LogP contribution in [-0.2, 0) is 0 Å². The number of hydroxylamine groups is 1. The van der Waals surface area contributed by atoms with Gasteiger partial charge in [-0.1, -0.05) is 42.1 Å². The number of thioether (sulfide) groups is 1. The Morgan fingerprint density at radius 1 is 1.31 bits per heavy atom. The third-order valence-electron chi connectivity index (χ3n) is 3.42. The highest BCUT2D eigenvalue weighted by atomic mass is 32.2. The van der Waals surface area contributed by atoms with Gasteiger partial charge in [-0.3, -0.25) is 0 Å². The summed E-state index contributed by atoms with van der Waals surface area (Å²) in [4.78, 5) is 0. The molecule has 1 aliphatic rings. The second kappa shape index (κ2) is 4.13. The molecule has 0 aliphatic carbocycles. The molecule has 1 atom stereocenters. The highest BCUT2D eigenvalue weighted by Gasteiger charge is 2.46. The van der Waals surface area contributed by atoms with Crippen LogP contribution in [0.3, 0.4) is 0 Å². The Labute approximate surface area is 101 Å². The summed E-state index contributed by atoms with van der Waals surface area (Å²) in [5.41, 5.74) is 0.928. The van der Waals surface area contributed by atoms with Gasteiger partial charge in [0.05, 0.1) is 12.3 Å². The van der Waals surface area contributed by atoms with Crippen molar-refractivity contribution in [3.8, 4) is 0 Å². The minimum atomic E-state index is -0.334. The molecule has 0 saturated carbocycles. The maximum atomic E-state index is 12.1. The molecule has 1 aromatic carbocycles. The molecule has 2 nitrogen and oxygen atoms in total. The second-order valence-corrected chi connectivity index (χ2v) is 5.59. The van der Waals surface area contributed by atoms with E-state index in [1.807, 2.05) is 38.3 Å². The molecule has 0 amide bonds. The number of benzene rings is 1. The molecule has 0 radical (unpaired) electrons. The Morgan fingerprint density at radius 2 is 1.94 bits per heavy atom. The molecule has 2 rings (SSSR count). The minimum absolute atomic E-state index is 0.300. The predicted molar refractivity (Wildman–Crippen MR) is 70.0 cm³/mol. The Hall–Kier alpha value is -0.960. The molecular formula is C13H17NOS. The van der Waals surface area contributed by atoms with Gasteiger partial charge < -0.3 is 5.21 Å². The average molecular weight is 235 g/mol. The van der Waals surface area contributed by atoms with Gasteiger partial charge in [0.25, 0.3) is 0 Å². The average Bonchev–Trinajstić information content (AvgIpc) is 2.52. The van der Waals surface area contributed by atoms with Crippen LogP contribution in [0.25, 0.3) is 0 Å². The van der Waals surface area contributed by atoms with Crippen molar-refractivity contribution >= 4 is 16.8 Å². The molecule has 86 valence electrons. The van der Waals surface area contributed by atoms with Gasteiger partial charge in [0.2, 0.25) is 5.04 Å². The van der Waals surface area contributed by atoms with E-state index < -0.39 is 0 Å². The molecule has 0 aromatic heterocycles. The van der Waals surface area contributed by atoms with Crippen molar-refractivity contribution in [2.75, 3.05) is 6.26 Å². The van der Waals surface area contributed by atoms with Crippen LogP contribution < -0.4 is 0 Å². The summed E-state index contributed by atoms with van der Waals surface area (Å²) in [6.07, 6.45) is 2.84. The summed E-state index contributed by atoms with van der Waals surface area (Å²) in [7, 11) is 0. The first-order valence-electron chi connectivity index (χ1n) is 5.49. The smallest absolute Gasteiger partial charge is 0.222 e. The topological polar surface area (TPSA) is 26.1 Å². The van der Waals surface area contributed by atoms with Crippen molar-refractivity contribution < 1.29 is 4.74 Å². The molecule has 0 saturated heterocycles. The van der Waals surface area contributed by atoms with Crippen molar-refractivity contribution in [1.82, 2.24) is 0 Å². The first-order chi connectivity index (χ1) is 7.57. The lowest BCUT2D eigenvalue weighted by molar-refractivity contribution is -0.532. The molecule has 0 bridgehead atoms. The summed E-state index contributed by atoms with van der Waals surface area (Å²) in [5, 5.41) is 13.0. The van der Waals surface area contributed by atoms with Crippen molar-refractivity contribution in [2.24, 2.45) is 0 Å². The van der Waals surface area contributed by atoms with Gasteiger partial charge in [0, 0.05) is 13.8 Å². The highest BCUT2D eigenvalue weighted by Crippen LogP contribution is 2.40. The second-order valence-electron chi connectivity index (χ2n) is 4.71. The van der Waals surface area contributed by atoms with E-state index in [1.165, 1.54) is 10.3 Å². The van der Waals surface area contributed by atoms with E-state index in [4.69, 9.17) is 0 Å². The summed E-state index contributed by atoms with van der Waals surface area (Å²) in [6, 6.07) is 10.3. The lowest BCUT2D eigenvalue weighted by Gasteiger charge is -2.25. The zero-order valence-corrected chi connectivity index (χ0v) is 10.8. The van der Waals surface area contributed by atoms with E-state index in [9.17, 15) is 5.21 Å². The van der Waals surface area contributed by atoms with Gasteiger partial charge in [0.1, 0.15) is 0 Å². The van der Waals surface area contributed by atoms with E-state index in [-0.39, 0.29) is 5.54 Å². The number of hydrogen-bond acceptors (Lipinski definition) is 2. The maximum Gasteiger partial charge on any atom is 0.222 e. The normalized spacial score (nSPS) is 23.8. The molecule has 1 aliphatic heterocycles. The van der Waals surface area contributed by atoms with E-state index in [0.29, 0.717) is 5.92 Å². The first-order valence-corrected chi connectivity index (χ1v) is 6.72. The third-order valence-corrected chi connectivity index (χ3v) is 4.22. The van der Waals surface area contributed by atoms with Gasteiger partial charge in [-0.2, -0.15) is 4.74 Å². The predicted octanol–water partition coefficient (Wildman–Crippen LogP) is 3.22. The largest absolute Gasteiger partial charge is 0.623 e. The molecule has 3 heteroatoms. The monoisotopic (exact) mass is 235 g/mol. The van der Waals surface area contributed by atoms with E-state index in [1.54, 1.807) is 11.8 Å². The standard InChI is InChI=1S/C13H17NOS/c1-13(2)11(9-12(16-3)14(13)15)10-7-5-4-6-8-10/h4-8,11H,9H2,1-3H3. The maximum absolute atomic E-state index is 12.1. The summed E-state index contributed by atoms with van der Waals surface area (Å²) in [6.45, 7) is 4.06. The van der Waals surface area contributed by atoms with Crippen LogP contribution >= 0.6 is 11.8 Å². The number of nitrogens with zero attached hydrogens (tertiary/aromatic N) is 1. The quantitative estimate of drug-likeness (QED) is 0.552. The van der Waals surface area contributed by atoms with Crippen LogP contribution in [0.4, 0.5) is 0 Å². The molecule has 0 fully saturated rings. The Bertz CT molecular complexity index is 411. The summed E-state index contributed by atoms with van der Waals surface area (Å²) >= 11 is 1.57. The fraction of sp³-hybridized carbons (Fsp3) is 0.462. The van der Waals surface area contributed by atoms with Crippen LogP contribution in [0.5, 0.6) is 0 Å². The van der Waals surface area contributed by atoms with E-state index in [2.05, 4.69) is 12.1 Å². The molecular weight excluding hydrogens is 218 g/mol. The van der Waals surface area contributed by atoms with Crippen LogP contribution in [-0.4, -0.2) is 21.6 Å². The third kappa shape index (κ3) is 1.73. The van der Waals surface area contributed by atoms with Crippen molar-refractivity contribution in [3.63, 3.8) is 0 Å². The zero-order valence-electron chi connectivity index (χ0n) is 9.93. The van der Waals surface area contributed by atoms with Crippen LogP contribution in [0, 0.1) is 5.21 Å². The lowest BCUT2D eigenvalue weighted by atomic mass is 9.83. The minimum Gasteiger partial charge on any atom is -0.623 e. The number of hydrogen-bond donors (Lipinski definition) is 0. The Kier molecular flexibility index (Phi) is 2.98.